The minimum atomic E-state index is -0.257. The van der Waals surface area contributed by atoms with E-state index in [1.54, 1.807) is 0 Å². The summed E-state index contributed by atoms with van der Waals surface area (Å²) in [5.41, 5.74) is -0.257. The van der Waals surface area contributed by atoms with Crippen LogP contribution < -0.4 is 5.32 Å². The summed E-state index contributed by atoms with van der Waals surface area (Å²) in [4.78, 5) is 4.48. The minimum absolute atomic E-state index is 0.257. The van der Waals surface area contributed by atoms with Crippen molar-refractivity contribution in [2.45, 2.75) is 45.3 Å². The molecule has 1 aromatic heterocycles. The Bertz CT molecular complexity index is 331. The Hall–Kier alpha value is -0.680. The molecule has 4 nitrogen and oxygen atoms in total. The predicted octanol–water partition coefficient (Wildman–Crippen LogP) is 2.38. The highest BCUT2D eigenvalue weighted by Crippen LogP contribution is 2.35. The average Bonchev–Trinajstić information content (AvgIpc) is 2.74. The number of hydrogen-bond donors (Lipinski definition) is 1. The van der Waals surface area contributed by atoms with Crippen molar-refractivity contribution in [2.75, 3.05) is 11.9 Å². The van der Waals surface area contributed by atoms with Gasteiger partial charge in [0.05, 0.1) is 0 Å². The molecule has 1 aromatic rings. The Morgan fingerprint density at radius 1 is 1.53 bits per heavy atom. The Morgan fingerprint density at radius 3 is 2.93 bits per heavy atom. The van der Waals surface area contributed by atoms with Crippen LogP contribution in [0.3, 0.4) is 0 Å². The van der Waals surface area contributed by atoms with Gasteiger partial charge in [-0.15, -0.1) is 0 Å². The smallest absolute Gasteiger partial charge is 0.202 e. The maximum absolute atomic E-state index is 5.70. The van der Waals surface area contributed by atoms with E-state index >= 15 is 0 Å². The summed E-state index contributed by atoms with van der Waals surface area (Å²) in [6, 6.07) is 0.392. The van der Waals surface area contributed by atoms with Gasteiger partial charge < -0.3 is 10.1 Å². The Labute approximate surface area is 94.2 Å². The van der Waals surface area contributed by atoms with Crippen LogP contribution >= 0.6 is 11.5 Å². The van der Waals surface area contributed by atoms with Crippen LogP contribution in [0.15, 0.2) is 0 Å². The third-order valence-electron chi connectivity index (χ3n) is 2.53. The zero-order valence-corrected chi connectivity index (χ0v) is 10.2. The molecular formula is C10H17N3OS. The van der Waals surface area contributed by atoms with Gasteiger partial charge in [0.15, 0.2) is 5.82 Å². The van der Waals surface area contributed by atoms with Crippen LogP contribution in [-0.2, 0) is 10.3 Å². The van der Waals surface area contributed by atoms with E-state index < -0.39 is 0 Å². The first-order chi connectivity index (χ1) is 7.10. The average molecular weight is 227 g/mol. The molecule has 0 amide bonds. The summed E-state index contributed by atoms with van der Waals surface area (Å²) in [5.74, 6) is 0.827. The minimum Gasteiger partial charge on any atom is -0.367 e. The van der Waals surface area contributed by atoms with E-state index in [2.05, 4.69) is 35.4 Å². The van der Waals surface area contributed by atoms with Crippen molar-refractivity contribution in [2.24, 2.45) is 0 Å². The monoisotopic (exact) mass is 227 g/mol. The molecule has 2 rings (SSSR count). The van der Waals surface area contributed by atoms with Crippen molar-refractivity contribution in [3.63, 3.8) is 0 Å². The largest absolute Gasteiger partial charge is 0.367 e. The molecule has 1 saturated heterocycles. The zero-order chi connectivity index (χ0) is 10.9. The molecule has 0 saturated carbocycles. The molecule has 0 bridgehead atoms. The molecule has 0 aliphatic carbocycles. The van der Waals surface area contributed by atoms with Gasteiger partial charge in [-0.3, -0.25) is 0 Å². The summed E-state index contributed by atoms with van der Waals surface area (Å²) in [5, 5.41) is 4.14. The van der Waals surface area contributed by atoms with Crippen molar-refractivity contribution in [3.8, 4) is 0 Å². The lowest BCUT2D eigenvalue weighted by Crippen LogP contribution is -2.21. The Balaban J connectivity index is 2.12. The van der Waals surface area contributed by atoms with Gasteiger partial charge in [-0.25, -0.2) is 4.98 Å². The summed E-state index contributed by atoms with van der Waals surface area (Å²) >= 11 is 1.41. The molecule has 0 spiro atoms. The summed E-state index contributed by atoms with van der Waals surface area (Å²) in [6.07, 6.45) is 2.12. The molecule has 2 heterocycles. The van der Waals surface area contributed by atoms with Crippen molar-refractivity contribution in [1.82, 2.24) is 9.36 Å². The highest BCUT2D eigenvalue weighted by molar-refractivity contribution is 7.09. The van der Waals surface area contributed by atoms with Crippen LogP contribution in [0.1, 0.15) is 39.4 Å². The molecule has 84 valence electrons. The summed E-state index contributed by atoms with van der Waals surface area (Å²) in [6.45, 7) is 7.08. The van der Waals surface area contributed by atoms with Crippen LogP contribution in [0, 0.1) is 0 Å². The number of aromatic nitrogens is 2. The van der Waals surface area contributed by atoms with Crippen molar-refractivity contribution in [1.29, 1.82) is 0 Å². The van der Waals surface area contributed by atoms with Gasteiger partial charge in [-0.05, 0) is 33.6 Å². The van der Waals surface area contributed by atoms with Gasteiger partial charge in [0.25, 0.3) is 0 Å². The van der Waals surface area contributed by atoms with Gasteiger partial charge in [-0.2, -0.15) is 4.37 Å². The molecule has 1 aliphatic heterocycles. The van der Waals surface area contributed by atoms with Gasteiger partial charge in [0.2, 0.25) is 5.13 Å². The second kappa shape index (κ2) is 4.06. The number of hydrogen-bond acceptors (Lipinski definition) is 5. The molecule has 0 radical (unpaired) electrons. The molecule has 1 unspecified atom stereocenters. The fourth-order valence-corrected chi connectivity index (χ4v) is 2.52. The maximum Gasteiger partial charge on any atom is 0.202 e. The molecular weight excluding hydrogens is 210 g/mol. The number of ether oxygens (including phenoxy) is 1. The van der Waals surface area contributed by atoms with E-state index in [4.69, 9.17) is 4.74 Å². The van der Waals surface area contributed by atoms with Crippen molar-refractivity contribution < 1.29 is 4.74 Å². The quantitative estimate of drug-likeness (QED) is 0.861. The van der Waals surface area contributed by atoms with Crippen LogP contribution in [0.2, 0.25) is 0 Å². The fourth-order valence-electron chi connectivity index (χ4n) is 1.70. The summed E-state index contributed by atoms with van der Waals surface area (Å²) in [7, 11) is 0. The topological polar surface area (TPSA) is 47.0 Å². The maximum atomic E-state index is 5.70. The summed E-state index contributed by atoms with van der Waals surface area (Å²) < 4.78 is 10.1. The number of anilines is 1. The van der Waals surface area contributed by atoms with Crippen molar-refractivity contribution >= 4 is 16.7 Å². The van der Waals surface area contributed by atoms with Crippen molar-refractivity contribution in [3.05, 3.63) is 5.82 Å². The Morgan fingerprint density at radius 2 is 2.33 bits per heavy atom. The first-order valence-electron chi connectivity index (χ1n) is 5.35. The lowest BCUT2D eigenvalue weighted by molar-refractivity contribution is 0.0104. The third kappa shape index (κ3) is 2.29. The van der Waals surface area contributed by atoms with E-state index in [9.17, 15) is 0 Å². The third-order valence-corrected chi connectivity index (χ3v) is 3.18. The lowest BCUT2D eigenvalue weighted by Gasteiger charge is -2.18. The zero-order valence-electron chi connectivity index (χ0n) is 9.41. The second-order valence-corrected chi connectivity index (χ2v) is 5.16. The number of nitrogens with one attached hydrogen (secondary N) is 1. The molecule has 5 heteroatoms. The highest BCUT2D eigenvalue weighted by Gasteiger charge is 2.35. The number of rotatable bonds is 3. The van der Waals surface area contributed by atoms with E-state index in [-0.39, 0.29) is 5.60 Å². The highest BCUT2D eigenvalue weighted by atomic mass is 32.1. The molecule has 15 heavy (non-hydrogen) atoms. The first kappa shape index (κ1) is 10.8. The molecule has 1 fully saturated rings. The molecule has 1 N–H and O–H groups in total. The first-order valence-corrected chi connectivity index (χ1v) is 6.12. The molecule has 1 aliphatic rings. The molecule has 0 aromatic carbocycles. The predicted molar refractivity (Wildman–Crippen MR) is 61.2 cm³/mol. The van der Waals surface area contributed by atoms with E-state index in [1.165, 1.54) is 11.5 Å². The van der Waals surface area contributed by atoms with Crippen LogP contribution in [0.5, 0.6) is 0 Å². The van der Waals surface area contributed by atoms with Gasteiger partial charge in [0, 0.05) is 24.2 Å². The second-order valence-electron chi connectivity index (χ2n) is 4.41. The Kier molecular flexibility index (Phi) is 2.93. The van der Waals surface area contributed by atoms with E-state index in [0.717, 1.165) is 30.4 Å². The SMILES string of the molecule is CC(C)Nc1nc(C2(C)CCCO2)ns1. The fraction of sp³-hybridized carbons (Fsp3) is 0.800. The van der Waals surface area contributed by atoms with Gasteiger partial charge in [-0.1, -0.05) is 0 Å². The van der Waals surface area contributed by atoms with E-state index in [0.29, 0.717) is 6.04 Å². The van der Waals surface area contributed by atoms with Gasteiger partial charge >= 0.3 is 0 Å². The van der Waals surface area contributed by atoms with Crippen LogP contribution in [-0.4, -0.2) is 22.0 Å². The van der Waals surface area contributed by atoms with Crippen LogP contribution in [0.25, 0.3) is 0 Å². The number of nitrogens with zero attached hydrogens (tertiary/aromatic N) is 2. The lowest BCUT2D eigenvalue weighted by atomic mass is 10.0. The molecule has 1 atom stereocenters. The normalized spacial score (nSPS) is 26.1. The van der Waals surface area contributed by atoms with E-state index in [1.807, 2.05) is 0 Å². The van der Waals surface area contributed by atoms with Crippen LogP contribution in [0.4, 0.5) is 5.13 Å². The van der Waals surface area contributed by atoms with Gasteiger partial charge in [0.1, 0.15) is 5.60 Å². The standard InChI is InChI=1S/C10H17N3OS/c1-7(2)11-9-12-8(13-15-9)10(3)5-4-6-14-10/h7H,4-6H2,1-3H3,(H,11,12,13).